The van der Waals surface area contributed by atoms with Crippen LogP contribution in [-0.2, 0) is 10.0 Å². The Kier molecular flexibility index (Phi) is 6.60. The van der Waals surface area contributed by atoms with E-state index in [9.17, 15) is 8.42 Å². The van der Waals surface area contributed by atoms with Gasteiger partial charge in [-0.3, -0.25) is 4.72 Å². The maximum atomic E-state index is 11.9. The van der Waals surface area contributed by atoms with Gasteiger partial charge in [-0.15, -0.1) is 0 Å². The molecule has 0 bridgehead atoms. The van der Waals surface area contributed by atoms with E-state index < -0.39 is 10.0 Å². The van der Waals surface area contributed by atoms with E-state index in [0.29, 0.717) is 22.3 Å². The molecule has 0 saturated carbocycles. The molecule has 0 aliphatic heterocycles. The molecule has 0 heterocycles. The van der Waals surface area contributed by atoms with Crippen LogP contribution in [0.3, 0.4) is 0 Å². The molecule has 1 aromatic rings. The van der Waals surface area contributed by atoms with Gasteiger partial charge in [0, 0.05) is 5.69 Å². The number of sulfonamides is 1. The molecule has 0 spiro atoms. The van der Waals surface area contributed by atoms with Gasteiger partial charge >= 0.3 is 0 Å². The van der Waals surface area contributed by atoms with E-state index in [-0.39, 0.29) is 5.75 Å². The van der Waals surface area contributed by atoms with Crippen LogP contribution in [0, 0.1) is 0 Å². The van der Waals surface area contributed by atoms with E-state index in [4.69, 9.17) is 4.74 Å². The van der Waals surface area contributed by atoms with Gasteiger partial charge in [-0.25, -0.2) is 8.42 Å². The van der Waals surface area contributed by atoms with Crippen molar-refractivity contribution in [2.45, 2.75) is 12.8 Å². The van der Waals surface area contributed by atoms with Gasteiger partial charge in [-0.2, -0.15) is 0 Å². The third-order valence-electron chi connectivity index (χ3n) is 2.51. The highest BCUT2D eigenvalue weighted by Crippen LogP contribution is 2.28. The van der Waals surface area contributed by atoms with Crippen LogP contribution in [0.5, 0.6) is 5.75 Å². The minimum Gasteiger partial charge on any atom is -0.496 e. The minimum atomic E-state index is -3.29. The Morgan fingerprint density at radius 2 is 2.05 bits per heavy atom. The summed E-state index contributed by atoms with van der Waals surface area (Å²) in [7, 11) is 0.119. The van der Waals surface area contributed by atoms with Crippen molar-refractivity contribution in [1.29, 1.82) is 0 Å². The Balaban J connectivity index is 2.60. The summed E-state index contributed by atoms with van der Waals surface area (Å²) in [4.78, 5) is 0. The summed E-state index contributed by atoms with van der Waals surface area (Å²) in [6, 6.07) is 5.07. The van der Waals surface area contributed by atoms with E-state index in [2.05, 4.69) is 26.0 Å². The molecular weight excluding hydrogens is 332 g/mol. The van der Waals surface area contributed by atoms with Gasteiger partial charge in [0.2, 0.25) is 10.0 Å². The topological polar surface area (TPSA) is 67.4 Å². The zero-order valence-electron chi connectivity index (χ0n) is 11.1. The second kappa shape index (κ2) is 7.72. The number of rotatable bonds is 8. The zero-order chi connectivity index (χ0) is 14.3. The molecule has 0 unspecified atom stereocenters. The SMILES string of the molecule is CNCCCCS(=O)(=O)Nc1ccc(OC)c(Br)c1. The monoisotopic (exact) mass is 350 g/mol. The lowest BCUT2D eigenvalue weighted by atomic mass is 10.3. The van der Waals surface area contributed by atoms with Crippen molar-refractivity contribution in [2.24, 2.45) is 0 Å². The fourth-order valence-electron chi connectivity index (χ4n) is 1.55. The van der Waals surface area contributed by atoms with Crippen molar-refractivity contribution < 1.29 is 13.2 Å². The lowest BCUT2D eigenvalue weighted by molar-refractivity contribution is 0.412. The first-order valence-electron chi connectivity index (χ1n) is 5.97. The Bertz CT molecular complexity index is 506. The van der Waals surface area contributed by atoms with Gasteiger partial charge in [0.25, 0.3) is 0 Å². The van der Waals surface area contributed by atoms with Crippen LogP contribution in [0.1, 0.15) is 12.8 Å². The average molecular weight is 351 g/mol. The van der Waals surface area contributed by atoms with Gasteiger partial charge in [0.05, 0.1) is 17.3 Å². The number of halogens is 1. The van der Waals surface area contributed by atoms with Crippen molar-refractivity contribution in [2.75, 3.05) is 31.2 Å². The average Bonchev–Trinajstić information content (AvgIpc) is 2.34. The predicted octanol–water partition coefficient (Wildman–Crippen LogP) is 2.20. The van der Waals surface area contributed by atoms with Gasteiger partial charge in [0.1, 0.15) is 5.75 Å². The van der Waals surface area contributed by atoms with Gasteiger partial charge in [-0.1, -0.05) is 0 Å². The smallest absolute Gasteiger partial charge is 0.232 e. The number of hydrogen-bond donors (Lipinski definition) is 2. The summed E-state index contributed by atoms with van der Waals surface area (Å²) >= 11 is 3.32. The molecule has 0 saturated heterocycles. The normalized spacial score (nSPS) is 11.3. The van der Waals surface area contributed by atoms with E-state index in [1.165, 1.54) is 0 Å². The van der Waals surface area contributed by atoms with E-state index in [0.717, 1.165) is 13.0 Å². The van der Waals surface area contributed by atoms with Crippen LogP contribution >= 0.6 is 15.9 Å². The predicted molar refractivity (Wildman–Crippen MR) is 81.3 cm³/mol. The molecule has 0 atom stereocenters. The zero-order valence-corrected chi connectivity index (χ0v) is 13.5. The Morgan fingerprint density at radius 3 is 2.63 bits per heavy atom. The van der Waals surface area contributed by atoms with E-state index in [1.807, 2.05) is 7.05 Å². The van der Waals surface area contributed by atoms with Crippen molar-refractivity contribution in [3.63, 3.8) is 0 Å². The second-order valence-electron chi connectivity index (χ2n) is 4.08. The molecule has 0 aliphatic carbocycles. The fraction of sp³-hybridized carbons (Fsp3) is 0.500. The van der Waals surface area contributed by atoms with Crippen molar-refractivity contribution in [3.8, 4) is 5.75 Å². The summed E-state index contributed by atoms with van der Waals surface area (Å²) in [5.41, 5.74) is 0.529. The molecule has 0 fully saturated rings. The largest absolute Gasteiger partial charge is 0.496 e. The standard InChI is InChI=1S/C12H19BrN2O3S/c1-14-7-3-4-8-19(16,17)15-10-5-6-12(18-2)11(13)9-10/h5-6,9,14-15H,3-4,7-8H2,1-2H3. The van der Waals surface area contributed by atoms with Crippen LogP contribution in [0.25, 0.3) is 0 Å². The first-order valence-corrected chi connectivity index (χ1v) is 8.41. The lowest BCUT2D eigenvalue weighted by Crippen LogP contribution is -2.18. The highest BCUT2D eigenvalue weighted by molar-refractivity contribution is 9.10. The Hall–Kier alpha value is -0.790. The Morgan fingerprint density at radius 1 is 1.32 bits per heavy atom. The summed E-state index contributed by atoms with van der Waals surface area (Å²) in [6.45, 7) is 0.823. The third kappa shape index (κ3) is 5.80. The quantitative estimate of drug-likeness (QED) is 0.705. The molecule has 0 amide bonds. The maximum absolute atomic E-state index is 11.9. The van der Waals surface area contributed by atoms with E-state index in [1.54, 1.807) is 25.3 Å². The van der Waals surface area contributed by atoms with Crippen molar-refractivity contribution in [1.82, 2.24) is 5.32 Å². The Labute approximate surface area is 122 Å². The number of nitrogens with one attached hydrogen (secondary N) is 2. The molecule has 0 aromatic heterocycles. The molecule has 7 heteroatoms. The van der Waals surface area contributed by atoms with Crippen molar-refractivity contribution >= 4 is 31.6 Å². The number of hydrogen-bond acceptors (Lipinski definition) is 4. The maximum Gasteiger partial charge on any atom is 0.232 e. The molecule has 5 nitrogen and oxygen atoms in total. The third-order valence-corrected chi connectivity index (χ3v) is 4.51. The van der Waals surface area contributed by atoms with E-state index >= 15 is 0 Å². The van der Waals surface area contributed by atoms with Gasteiger partial charge in [-0.05, 0) is 60.6 Å². The fourth-order valence-corrected chi connectivity index (χ4v) is 3.27. The lowest BCUT2D eigenvalue weighted by Gasteiger charge is -2.10. The van der Waals surface area contributed by atoms with Crippen LogP contribution in [0.2, 0.25) is 0 Å². The molecular formula is C12H19BrN2O3S. The number of ether oxygens (including phenoxy) is 1. The molecule has 2 N–H and O–H groups in total. The van der Waals surface area contributed by atoms with Gasteiger partial charge in [0.15, 0.2) is 0 Å². The number of methoxy groups -OCH3 is 1. The van der Waals surface area contributed by atoms with Crippen LogP contribution < -0.4 is 14.8 Å². The molecule has 1 rings (SSSR count). The summed E-state index contributed by atoms with van der Waals surface area (Å²) in [5.74, 6) is 0.787. The first kappa shape index (κ1) is 16.3. The van der Waals surface area contributed by atoms with Crippen LogP contribution in [0.15, 0.2) is 22.7 Å². The van der Waals surface area contributed by atoms with Crippen molar-refractivity contribution in [3.05, 3.63) is 22.7 Å². The molecule has 1 aromatic carbocycles. The van der Waals surface area contributed by atoms with Crippen LogP contribution in [-0.4, -0.2) is 34.9 Å². The summed E-state index contributed by atoms with van der Waals surface area (Å²) < 4.78 is 32.1. The number of benzene rings is 1. The summed E-state index contributed by atoms with van der Waals surface area (Å²) in [5, 5.41) is 2.99. The highest BCUT2D eigenvalue weighted by atomic mass is 79.9. The first-order chi connectivity index (χ1) is 8.98. The number of unbranched alkanes of at least 4 members (excludes halogenated alkanes) is 1. The minimum absolute atomic E-state index is 0.123. The molecule has 108 valence electrons. The molecule has 0 aliphatic rings. The summed E-state index contributed by atoms with van der Waals surface area (Å²) in [6.07, 6.45) is 1.47. The molecule has 0 radical (unpaired) electrons. The highest BCUT2D eigenvalue weighted by Gasteiger charge is 2.11. The number of anilines is 1. The van der Waals surface area contributed by atoms with Crippen LogP contribution in [0.4, 0.5) is 5.69 Å². The second-order valence-corrected chi connectivity index (χ2v) is 6.78. The van der Waals surface area contributed by atoms with Gasteiger partial charge < -0.3 is 10.1 Å². The molecule has 19 heavy (non-hydrogen) atoms.